The van der Waals surface area contributed by atoms with Crippen LogP contribution in [0.2, 0.25) is 0 Å². The molecule has 0 saturated heterocycles. The van der Waals surface area contributed by atoms with Gasteiger partial charge in [-0.25, -0.2) is 9.97 Å². The van der Waals surface area contributed by atoms with Crippen molar-refractivity contribution < 1.29 is 9.53 Å². The van der Waals surface area contributed by atoms with Crippen molar-refractivity contribution in [2.24, 2.45) is 0 Å². The maximum atomic E-state index is 12.5. The molecular formula is C19H26N4O2. The number of nitrogens with zero attached hydrogens (tertiary/aromatic N) is 3. The van der Waals surface area contributed by atoms with Crippen LogP contribution >= 0.6 is 0 Å². The van der Waals surface area contributed by atoms with Crippen LogP contribution in [-0.4, -0.2) is 40.0 Å². The molecule has 2 aromatic rings. The number of amides is 1. The van der Waals surface area contributed by atoms with Crippen molar-refractivity contribution in [3.8, 4) is 5.75 Å². The normalized spacial score (nSPS) is 10.6. The Morgan fingerprint density at radius 1 is 1.16 bits per heavy atom. The van der Waals surface area contributed by atoms with Crippen LogP contribution in [-0.2, 0) is 0 Å². The fraction of sp³-hybridized carbons (Fsp3) is 0.421. The fourth-order valence-corrected chi connectivity index (χ4v) is 2.45. The second kappa shape index (κ2) is 8.46. The van der Waals surface area contributed by atoms with Crippen LogP contribution in [0.1, 0.15) is 44.0 Å². The Kier molecular flexibility index (Phi) is 6.33. The number of nitrogens with one attached hydrogen (secondary N) is 1. The molecule has 0 fully saturated rings. The molecule has 1 heterocycles. The molecule has 134 valence electrons. The van der Waals surface area contributed by atoms with Gasteiger partial charge in [0, 0.05) is 24.8 Å². The first-order valence-corrected chi connectivity index (χ1v) is 8.61. The number of carbonyl (C=O) groups excluding carboxylic acids is 1. The average molecular weight is 342 g/mol. The van der Waals surface area contributed by atoms with E-state index in [0.717, 1.165) is 11.4 Å². The molecule has 0 bridgehead atoms. The third-order valence-corrected chi connectivity index (χ3v) is 3.61. The number of hydrogen-bond donors (Lipinski definition) is 1. The van der Waals surface area contributed by atoms with Gasteiger partial charge in [0.05, 0.1) is 6.10 Å². The molecule has 0 aliphatic carbocycles. The first kappa shape index (κ1) is 18.7. The first-order chi connectivity index (χ1) is 11.9. The fourth-order valence-electron chi connectivity index (χ4n) is 2.45. The highest BCUT2D eigenvalue weighted by molar-refractivity contribution is 5.93. The highest BCUT2D eigenvalue weighted by Gasteiger charge is 2.16. The Morgan fingerprint density at radius 3 is 2.36 bits per heavy atom. The zero-order chi connectivity index (χ0) is 18.4. The second-order valence-corrected chi connectivity index (χ2v) is 5.98. The maximum absolute atomic E-state index is 12.5. The molecule has 0 saturated carbocycles. The van der Waals surface area contributed by atoms with E-state index in [0.29, 0.717) is 30.4 Å². The van der Waals surface area contributed by atoms with Gasteiger partial charge in [-0.05, 0) is 58.9 Å². The number of aryl methyl sites for hydroxylation is 1. The molecule has 0 radical (unpaired) electrons. The van der Waals surface area contributed by atoms with Crippen LogP contribution in [0, 0.1) is 6.92 Å². The van der Waals surface area contributed by atoms with Gasteiger partial charge in [0.2, 0.25) is 0 Å². The largest absolute Gasteiger partial charge is 0.491 e. The lowest BCUT2D eigenvalue weighted by atomic mass is 10.2. The summed E-state index contributed by atoms with van der Waals surface area (Å²) in [5.74, 6) is 1.89. The van der Waals surface area contributed by atoms with Gasteiger partial charge in [-0.2, -0.15) is 0 Å². The lowest BCUT2D eigenvalue weighted by molar-refractivity contribution is 0.0766. The number of anilines is 2. The molecule has 6 heteroatoms. The first-order valence-electron chi connectivity index (χ1n) is 8.61. The molecule has 0 aliphatic heterocycles. The average Bonchev–Trinajstić information content (AvgIpc) is 2.56. The molecule has 1 aromatic heterocycles. The quantitative estimate of drug-likeness (QED) is 0.829. The summed E-state index contributed by atoms with van der Waals surface area (Å²) in [5.41, 5.74) is 1.27. The molecule has 1 N–H and O–H groups in total. The van der Waals surface area contributed by atoms with Gasteiger partial charge in [0.25, 0.3) is 5.91 Å². The lowest BCUT2D eigenvalue weighted by Gasteiger charge is -2.18. The maximum Gasteiger partial charge on any atom is 0.272 e. The SMILES string of the molecule is CCN(CC)C(=O)c1cc(Nc2ccc(OC(C)C)cc2)nc(C)n1. The van der Waals surface area contributed by atoms with Gasteiger partial charge >= 0.3 is 0 Å². The predicted molar refractivity (Wildman–Crippen MR) is 99.5 cm³/mol. The van der Waals surface area contributed by atoms with Gasteiger partial charge in [0.15, 0.2) is 0 Å². The van der Waals surface area contributed by atoms with Crippen molar-refractivity contribution in [3.63, 3.8) is 0 Å². The number of benzene rings is 1. The molecule has 6 nitrogen and oxygen atoms in total. The van der Waals surface area contributed by atoms with Crippen LogP contribution in [0.3, 0.4) is 0 Å². The molecule has 0 spiro atoms. The van der Waals surface area contributed by atoms with Crippen molar-refractivity contribution in [2.75, 3.05) is 18.4 Å². The number of ether oxygens (including phenoxy) is 1. The van der Waals surface area contributed by atoms with Gasteiger partial charge < -0.3 is 15.0 Å². The Bertz CT molecular complexity index is 710. The van der Waals surface area contributed by atoms with Crippen molar-refractivity contribution >= 4 is 17.4 Å². The summed E-state index contributed by atoms with van der Waals surface area (Å²) in [5, 5.41) is 3.22. The van der Waals surface area contributed by atoms with Crippen LogP contribution in [0.5, 0.6) is 5.75 Å². The molecule has 0 atom stereocenters. The predicted octanol–water partition coefficient (Wildman–Crippen LogP) is 3.80. The zero-order valence-electron chi connectivity index (χ0n) is 15.5. The zero-order valence-corrected chi connectivity index (χ0v) is 15.5. The second-order valence-electron chi connectivity index (χ2n) is 5.98. The summed E-state index contributed by atoms with van der Waals surface area (Å²) in [4.78, 5) is 22.9. The van der Waals surface area contributed by atoms with E-state index in [1.54, 1.807) is 17.9 Å². The Balaban J connectivity index is 2.18. The van der Waals surface area contributed by atoms with E-state index < -0.39 is 0 Å². The minimum absolute atomic E-state index is 0.0840. The molecule has 1 aromatic carbocycles. The van der Waals surface area contributed by atoms with E-state index in [1.807, 2.05) is 52.0 Å². The molecule has 2 rings (SSSR count). The lowest BCUT2D eigenvalue weighted by Crippen LogP contribution is -2.31. The third-order valence-electron chi connectivity index (χ3n) is 3.61. The van der Waals surface area contributed by atoms with E-state index in [4.69, 9.17) is 4.74 Å². The van der Waals surface area contributed by atoms with E-state index >= 15 is 0 Å². The summed E-state index contributed by atoms with van der Waals surface area (Å²) >= 11 is 0. The molecule has 0 aliphatic rings. The number of aromatic nitrogens is 2. The Hall–Kier alpha value is -2.63. The van der Waals surface area contributed by atoms with Gasteiger partial charge in [-0.1, -0.05) is 0 Å². The van der Waals surface area contributed by atoms with Crippen LogP contribution < -0.4 is 10.1 Å². The molecule has 1 amide bonds. The molecular weight excluding hydrogens is 316 g/mol. The monoisotopic (exact) mass is 342 g/mol. The van der Waals surface area contributed by atoms with Crippen molar-refractivity contribution in [1.82, 2.24) is 14.9 Å². The minimum Gasteiger partial charge on any atom is -0.491 e. The van der Waals surface area contributed by atoms with Crippen molar-refractivity contribution in [2.45, 2.75) is 40.7 Å². The highest BCUT2D eigenvalue weighted by Crippen LogP contribution is 2.20. The van der Waals surface area contributed by atoms with E-state index in [1.165, 1.54) is 0 Å². The number of hydrogen-bond acceptors (Lipinski definition) is 5. The summed E-state index contributed by atoms with van der Waals surface area (Å²) in [6.07, 6.45) is 0.136. The Labute approximate surface area is 149 Å². The molecule has 25 heavy (non-hydrogen) atoms. The van der Waals surface area contributed by atoms with Gasteiger partial charge in [0.1, 0.15) is 23.1 Å². The summed E-state index contributed by atoms with van der Waals surface area (Å²) < 4.78 is 5.64. The smallest absolute Gasteiger partial charge is 0.272 e. The summed E-state index contributed by atoms with van der Waals surface area (Å²) in [7, 11) is 0. The molecule has 0 unspecified atom stereocenters. The summed E-state index contributed by atoms with van der Waals surface area (Å²) in [6, 6.07) is 9.32. The Morgan fingerprint density at radius 2 is 1.80 bits per heavy atom. The highest BCUT2D eigenvalue weighted by atomic mass is 16.5. The number of carbonyl (C=O) groups is 1. The van der Waals surface area contributed by atoms with Crippen molar-refractivity contribution in [3.05, 3.63) is 41.9 Å². The summed E-state index contributed by atoms with van der Waals surface area (Å²) in [6.45, 7) is 11.0. The van der Waals surface area contributed by atoms with E-state index in [-0.39, 0.29) is 12.0 Å². The number of rotatable bonds is 7. The van der Waals surface area contributed by atoms with Crippen molar-refractivity contribution in [1.29, 1.82) is 0 Å². The van der Waals surface area contributed by atoms with E-state index in [9.17, 15) is 4.79 Å². The topological polar surface area (TPSA) is 67.4 Å². The van der Waals surface area contributed by atoms with E-state index in [2.05, 4.69) is 15.3 Å². The van der Waals surface area contributed by atoms with Gasteiger partial charge in [-0.3, -0.25) is 4.79 Å². The third kappa shape index (κ3) is 5.17. The van der Waals surface area contributed by atoms with Crippen LogP contribution in [0.25, 0.3) is 0 Å². The van der Waals surface area contributed by atoms with Crippen LogP contribution in [0.15, 0.2) is 30.3 Å². The van der Waals surface area contributed by atoms with Crippen LogP contribution in [0.4, 0.5) is 11.5 Å². The minimum atomic E-state index is -0.0840. The van der Waals surface area contributed by atoms with Gasteiger partial charge in [-0.15, -0.1) is 0 Å². The standard InChI is InChI=1S/C19H26N4O2/c1-6-23(7-2)19(24)17-12-18(21-14(5)20-17)22-15-8-10-16(11-9-15)25-13(3)4/h8-13H,6-7H2,1-5H3,(H,20,21,22).